The van der Waals surface area contributed by atoms with Crippen molar-refractivity contribution in [3.8, 4) is 5.75 Å². The van der Waals surface area contributed by atoms with Crippen molar-refractivity contribution < 1.29 is 15.3 Å². The number of phenolic OH excluding ortho intramolecular Hbond substituents is 1. The minimum atomic E-state index is -0.132. The largest absolute Gasteiger partial charge is 0.507 e. The predicted molar refractivity (Wildman–Crippen MR) is 94.9 cm³/mol. The van der Waals surface area contributed by atoms with Gasteiger partial charge >= 0.3 is 0 Å². The van der Waals surface area contributed by atoms with Gasteiger partial charge in [-0.25, -0.2) is 0 Å². The normalized spacial score (nSPS) is 38.0. The van der Waals surface area contributed by atoms with E-state index in [1.54, 1.807) is 6.08 Å². The maximum Gasteiger partial charge on any atom is 0.123 e. The Balaban J connectivity index is 1.70. The van der Waals surface area contributed by atoms with Crippen molar-refractivity contribution >= 4 is 6.08 Å². The van der Waals surface area contributed by atoms with E-state index in [-0.39, 0.29) is 18.1 Å². The highest BCUT2D eigenvalue weighted by atomic mass is 16.3. The summed E-state index contributed by atoms with van der Waals surface area (Å²) in [7, 11) is 0. The molecule has 0 aliphatic heterocycles. The molecule has 2 fully saturated rings. The number of hydrogen-bond acceptors (Lipinski definition) is 3. The predicted octanol–water partition coefficient (Wildman–Crippen LogP) is 3.61. The van der Waals surface area contributed by atoms with E-state index < -0.39 is 0 Å². The third-order valence-electron chi connectivity index (χ3n) is 7.22. The van der Waals surface area contributed by atoms with Crippen molar-refractivity contribution in [3.63, 3.8) is 0 Å². The first-order valence-electron chi connectivity index (χ1n) is 9.36. The maximum atomic E-state index is 10.5. The van der Waals surface area contributed by atoms with Gasteiger partial charge in [0.2, 0.25) is 0 Å². The molecule has 3 aliphatic rings. The van der Waals surface area contributed by atoms with E-state index in [4.69, 9.17) is 5.11 Å². The molecule has 24 heavy (non-hydrogen) atoms. The summed E-state index contributed by atoms with van der Waals surface area (Å²) in [6.45, 7) is 2.29. The molecule has 5 atom stereocenters. The van der Waals surface area contributed by atoms with Crippen LogP contribution in [0.5, 0.6) is 5.75 Å². The lowest BCUT2D eigenvalue weighted by Crippen LogP contribution is -2.43. The topological polar surface area (TPSA) is 60.7 Å². The quantitative estimate of drug-likeness (QED) is 0.777. The molecule has 3 unspecified atom stereocenters. The van der Waals surface area contributed by atoms with Crippen LogP contribution in [0, 0.1) is 17.3 Å². The standard InChI is InChI=1S/C21H28O3/c1-21-9-8-15-16(18(21)6-7-20(21)24)5-4-13-12-19(23)14(3-2-10-22)11-17(13)15/h2-3,11-12,15-16,18,20,22-24H,4-10H2,1H3/b3-2+/t15?,16?,18?,20-,21-/m0/s1. The Morgan fingerprint density at radius 3 is 2.83 bits per heavy atom. The van der Waals surface area contributed by atoms with Gasteiger partial charge < -0.3 is 15.3 Å². The number of aliphatic hydroxyl groups excluding tert-OH is 2. The molecule has 0 heterocycles. The zero-order valence-electron chi connectivity index (χ0n) is 14.4. The second kappa shape index (κ2) is 5.89. The number of aryl methyl sites for hydroxylation is 1. The Morgan fingerprint density at radius 2 is 2.04 bits per heavy atom. The molecule has 3 heteroatoms. The zero-order chi connectivity index (χ0) is 16.9. The average molecular weight is 328 g/mol. The smallest absolute Gasteiger partial charge is 0.123 e. The Hall–Kier alpha value is -1.32. The van der Waals surface area contributed by atoms with Gasteiger partial charge in [-0.15, -0.1) is 0 Å². The van der Waals surface area contributed by atoms with Crippen LogP contribution in [0.1, 0.15) is 61.6 Å². The van der Waals surface area contributed by atoms with Crippen LogP contribution in [0.15, 0.2) is 18.2 Å². The second-order valence-corrected chi connectivity index (χ2v) is 8.25. The molecular formula is C21H28O3. The lowest BCUT2D eigenvalue weighted by atomic mass is 9.55. The average Bonchev–Trinajstić information content (AvgIpc) is 2.88. The number of fused-ring (bicyclic) bond motifs is 5. The van der Waals surface area contributed by atoms with Crippen LogP contribution in [0.3, 0.4) is 0 Å². The minimum absolute atomic E-state index is 0.0130. The fraction of sp³-hybridized carbons (Fsp3) is 0.619. The maximum absolute atomic E-state index is 10.5. The van der Waals surface area contributed by atoms with Gasteiger partial charge in [0.05, 0.1) is 12.7 Å². The molecule has 1 aromatic carbocycles. The van der Waals surface area contributed by atoms with Crippen LogP contribution < -0.4 is 0 Å². The van der Waals surface area contributed by atoms with E-state index in [9.17, 15) is 10.2 Å². The van der Waals surface area contributed by atoms with Gasteiger partial charge in [0, 0.05) is 5.56 Å². The highest BCUT2D eigenvalue weighted by Gasteiger charge is 2.54. The Bertz CT molecular complexity index is 665. The van der Waals surface area contributed by atoms with E-state index in [1.165, 1.54) is 17.5 Å². The van der Waals surface area contributed by atoms with E-state index >= 15 is 0 Å². The zero-order valence-corrected chi connectivity index (χ0v) is 14.4. The molecule has 4 rings (SSSR count). The van der Waals surface area contributed by atoms with Gasteiger partial charge in [0.15, 0.2) is 0 Å². The van der Waals surface area contributed by atoms with Gasteiger partial charge in [-0.2, -0.15) is 0 Å². The summed E-state index contributed by atoms with van der Waals surface area (Å²) in [6, 6.07) is 4.07. The minimum Gasteiger partial charge on any atom is -0.507 e. The summed E-state index contributed by atoms with van der Waals surface area (Å²) in [5, 5.41) is 29.7. The van der Waals surface area contributed by atoms with Gasteiger partial charge in [-0.3, -0.25) is 0 Å². The van der Waals surface area contributed by atoms with E-state index in [2.05, 4.69) is 13.0 Å². The Kier molecular flexibility index (Phi) is 3.97. The van der Waals surface area contributed by atoms with Crippen molar-refractivity contribution in [1.82, 2.24) is 0 Å². The molecule has 0 bridgehead atoms. The summed E-state index contributed by atoms with van der Waals surface area (Å²) in [6.07, 6.45) is 9.90. The monoisotopic (exact) mass is 328 g/mol. The summed E-state index contributed by atoms with van der Waals surface area (Å²) in [5.74, 6) is 2.16. The summed E-state index contributed by atoms with van der Waals surface area (Å²) < 4.78 is 0. The van der Waals surface area contributed by atoms with Crippen LogP contribution in [0.2, 0.25) is 0 Å². The van der Waals surface area contributed by atoms with Crippen LogP contribution in [-0.2, 0) is 6.42 Å². The molecule has 130 valence electrons. The van der Waals surface area contributed by atoms with Crippen molar-refractivity contribution in [2.24, 2.45) is 17.3 Å². The number of rotatable bonds is 2. The van der Waals surface area contributed by atoms with Crippen LogP contribution in [0.25, 0.3) is 6.08 Å². The van der Waals surface area contributed by atoms with Crippen LogP contribution in [0.4, 0.5) is 0 Å². The first-order valence-corrected chi connectivity index (χ1v) is 9.36. The highest BCUT2D eigenvalue weighted by molar-refractivity contribution is 5.60. The summed E-state index contributed by atoms with van der Waals surface area (Å²) in [5.41, 5.74) is 3.60. The van der Waals surface area contributed by atoms with Crippen LogP contribution in [-0.4, -0.2) is 28.0 Å². The fourth-order valence-electron chi connectivity index (χ4n) is 5.91. The van der Waals surface area contributed by atoms with Gasteiger partial charge in [-0.05, 0) is 85.0 Å². The number of hydrogen-bond donors (Lipinski definition) is 3. The van der Waals surface area contributed by atoms with Crippen molar-refractivity contribution in [2.75, 3.05) is 6.61 Å². The second-order valence-electron chi connectivity index (χ2n) is 8.25. The SMILES string of the molecule is C[C@]12CCC3c4cc(/C=C/CO)c(O)cc4CCC3C1CC[C@@H]2O. The van der Waals surface area contributed by atoms with Crippen LogP contribution >= 0.6 is 0 Å². The molecular weight excluding hydrogens is 300 g/mol. The molecule has 2 saturated carbocycles. The molecule has 0 aromatic heterocycles. The number of phenols is 1. The van der Waals surface area contributed by atoms with Gasteiger partial charge in [0.25, 0.3) is 0 Å². The number of aliphatic hydroxyl groups is 2. The highest BCUT2D eigenvalue weighted by Crippen LogP contribution is 2.61. The van der Waals surface area contributed by atoms with Crippen molar-refractivity contribution in [1.29, 1.82) is 0 Å². The number of aromatic hydroxyl groups is 1. The molecule has 3 N–H and O–H groups in total. The molecule has 0 spiro atoms. The molecule has 3 aliphatic carbocycles. The van der Waals surface area contributed by atoms with Gasteiger partial charge in [0.1, 0.15) is 5.75 Å². The van der Waals surface area contributed by atoms with E-state index in [0.29, 0.717) is 23.5 Å². The molecule has 3 nitrogen and oxygen atoms in total. The summed E-state index contributed by atoms with van der Waals surface area (Å²) >= 11 is 0. The Morgan fingerprint density at radius 1 is 1.21 bits per heavy atom. The first kappa shape index (κ1) is 16.2. The molecule has 1 aromatic rings. The molecule has 0 saturated heterocycles. The van der Waals surface area contributed by atoms with E-state index in [0.717, 1.165) is 37.7 Å². The summed E-state index contributed by atoms with van der Waals surface area (Å²) in [4.78, 5) is 0. The molecule has 0 radical (unpaired) electrons. The fourth-order valence-corrected chi connectivity index (χ4v) is 5.91. The Labute approximate surface area is 144 Å². The third kappa shape index (κ3) is 2.33. The first-order chi connectivity index (χ1) is 11.5. The van der Waals surface area contributed by atoms with Crippen molar-refractivity contribution in [2.45, 2.75) is 57.5 Å². The number of benzene rings is 1. The lowest BCUT2D eigenvalue weighted by Gasteiger charge is -2.50. The lowest BCUT2D eigenvalue weighted by molar-refractivity contribution is -0.0226. The third-order valence-corrected chi connectivity index (χ3v) is 7.22. The van der Waals surface area contributed by atoms with Crippen molar-refractivity contribution in [3.05, 3.63) is 34.9 Å². The van der Waals surface area contributed by atoms with Gasteiger partial charge in [-0.1, -0.05) is 19.1 Å². The van der Waals surface area contributed by atoms with E-state index in [1.807, 2.05) is 12.1 Å². The molecule has 0 amide bonds.